The van der Waals surface area contributed by atoms with Crippen molar-refractivity contribution in [1.29, 1.82) is 0 Å². The zero-order chi connectivity index (χ0) is 15.3. The summed E-state index contributed by atoms with van der Waals surface area (Å²) in [5.41, 5.74) is 6.19. The van der Waals surface area contributed by atoms with Gasteiger partial charge in [0.25, 0.3) is 0 Å². The predicted molar refractivity (Wildman–Crippen MR) is 87.9 cm³/mol. The number of carbonyl (C=O) groups is 1. The Bertz CT molecular complexity index is 326. The zero-order valence-corrected chi connectivity index (χ0v) is 14.1. The molecule has 0 spiro atoms. The summed E-state index contributed by atoms with van der Waals surface area (Å²) in [6.45, 7) is 7.35. The molecule has 2 aliphatic rings. The molecule has 1 aliphatic carbocycles. The Labute approximate surface area is 130 Å². The van der Waals surface area contributed by atoms with E-state index >= 15 is 0 Å². The lowest BCUT2D eigenvalue weighted by Crippen LogP contribution is -2.46. The smallest absolute Gasteiger partial charge is 0.225 e. The summed E-state index contributed by atoms with van der Waals surface area (Å²) in [7, 11) is 0. The topological polar surface area (TPSA) is 46.3 Å². The standard InChI is InChI=1S/C18H34N2O/c1-3-18(4-2)9-12-20(13-10-18)17(21)16-7-5-6-15(14-16)8-11-19/h15-16H,3-14,19H2,1-2H3. The third-order valence-corrected chi connectivity index (χ3v) is 6.34. The van der Waals surface area contributed by atoms with E-state index in [0.717, 1.165) is 38.9 Å². The van der Waals surface area contributed by atoms with Gasteiger partial charge in [0.2, 0.25) is 5.91 Å². The van der Waals surface area contributed by atoms with Crippen LogP contribution in [0.15, 0.2) is 0 Å². The van der Waals surface area contributed by atoms with E-state index < -0.39 is 0 Å². The van der Waals surface area contributed by atoms with Crippen LogP contribution in [0.4, 0.5) is 0 Å². The van der Waals surface area contributed by atoms with E-state index in [9.17, 15) is 4.79 Å². The highest BCUT2D eigenvalue weighted by atomic mass is 16.2. The maximum Gasteiger partial charge on any atom is 0.225 e. The van der Waals surface area contributed by atoms with Crippen molar-refractivity contribution in [3.63, 3.8) is 0 Å². The molecule has 2 rings (SSSR count). The normalized spacial score (nSPS) is 29.4. The molecule has 2 fully saturated rings. The molecule has 0 bridgehead atoms. The summed E-state index contributed by atoms with van der Waals surface area (Å²) in [4.78, 5) is 15.0. The van der Waals surface area contributed by atoms with Gasteiger partial charge in [-0.2, -0.15) is 0 Å². The number of rotatable bonds is 5. The van der Waals surface area contributed by atoms with Crippen molar-refractivity contribution >= 4 is 5.91 Å². The number of amides is 1. The number of nitrogens with two attached hydrogens (primary N) is 1. The molecular formula is C18H34N2O. The molecule has 1 heterocycles. The van der Waals surface area contributed by atoms with E-state index in [1.54, 1.807) is 0 Å². The molecule has 3 nitrogen and oxygen atoms in total. The first-order valence-corrected chi connectivity index (χ1v) is 9.13. The number of hydrogen-bond acceptors (Lipinski definition) is 2. The quantitative estimate of drug-likeness (QED) is 0.842. The molecule has 2 atom stereocenters. The molecule has 0 aromatic heterocycles. The molecule has 0 aromatic carbocycles. The van der Waals surface area contributed by atoms with Gasteiger partial charge in [0.05, 0.1) is 0 Å². The Balaban J connectivity index is 1.86. The van der Waals surface area contributed by atoms with Gasteiger partial charge < -0.3 is 10.6 Å². The van der Waals surface area contributed by atoms with Crippen LogP contribution in [0.3, 0.4) is 0 Å². The van der Waals surface area contributed by atoms with E-state index in [1.165, 1.54) is 38.5 Å². The van der Waals surface area contributed by atoms with E-state index in [4.69, 9.17) is 5.73 Å². The second-order valence-electron chi connectivity index (χ2n) is 7.34. The van der Waals surface area contributed by atoms with Crippen molar-refractivity contribution in [2.24, 2.45) is 23.0 Å². The number of carbonyl (C=O) groups excluding carboxylic acids is 1. The van der Waals surface area contributed by atoms with Crippen molar-refractivity contribution in [2.45, 2.75) is 71.6 Å². The van der Waals surface area contributed by atoms with Crippen molar-refractivity contribution in [3.05, 3.63) is 0 Å². The Morgan fingerprint density at radius 2 is 1.86 bits per heavy atom. The lowest BCUT2D eigenvalue weighted by molar-refractivity contribution is -0.139. The molecular weight excluding hydrogens is 260 g/mol. The SMILES string of the molecule is CCC1(CC)CCN(C(=O)C2CCCC(CCN)C2)CC1. The second kappa shape index (κ2) is 7.62. The third-order valence-electron chi connectivity index (χ3n) is 6.34. The van der Waals surface area contributed by atoms with Gasteiger partial charge in [-0.3, -0.25) is 4.79 Å². The fourth-order valence-electron chi connectivity index (χ4n) is 4.43. The third kappa shape index (κ3) is 4.00. The number of likely N-dealkylation sites (tertiary alicyclic amines) is 1. The molecule has 0 aromatic rings. The molecule has 21 heavy (non-hydrogen) atoms. The summed E-state index contributed by atoms with van der Waals surface area (Å²) in [5.74, 6) is 1.41. The van der Waals surface area contributed by atoms with Gasteiger partial charge in [-0.05, 0) is 50.0 Å². The fraction of sp³-hybridized carbons (Fsp3) is 0.944. The van der Waals surface area contributed by atoms with Crippen molar-refractivity contribution in [3.8, 4) is 0 Å². The van der Waals surface area contributed by atoms with Gasteiger partial charge in [0.15, 0.2) is 0 Å². The van der Waals surface area contributed by atoms with Crippen LogP contribution in [0.1, 0.15) is 71.6 Å². The van der Waals surface area contributed by atoms with Gasteiger partial charge in [-0.15, -0.1) is 0 Å². The van der Waals surface area contributed by atoms with Crippen LogP contribution in [-0.2, 0) is 4.79 Å². The summed E-state index contributed by atoms with van der Waals surface area (Å²) < 4.78 is 0. The Morgan fingerprint density at radius 3 is 2.43 bits per heavy atom. The summed E-state index contributed by atoms with van der Waals surface area (Å²) in [6, 6.07) is 0. The van der Waals surface area contributed by atoms with Crippen LogP contribution < -0.4 is 5.73 Å². The van der Waals surface area contributed by atoms with Crippen LogP contribution in [0, 0.1) is 17.3 Å². The molecule has 1 saturated carbocycles. The van der Waals surface area contributed by atoms with Crippen LogP contribution in [0.25, 0.3) is 0 Å². The largest absolute Gasteiger partial charge is 0.342 e. The molecule has 2 unspecified atom stereocenters. The van der Waals surface area contributed by atoms with Crippen molar-refractivity contribution in [2.75, 3.05) is 19.6 Å². The zero-order valence-electron chi connectivity index (χ0n) is 14.1. The van der Waals surface area contributed by atoms with Gasteiger partial charge in [-0.25, -0.2) is 0 Å². The highest BCUT2D eigenvalue weighted by Crippen LogP contribution is 2.39. The minimum Gasteiger partial charge on any atom is -0.342 e. The van der Waals surface area contributed by atoms with Crippen LogP contribution in [-0.4, -0.2) is 30.4 Å². The monoisotopic (exact) mass is 294 g/mol. The van der Waals surface area contributed by atoms with Crippen LogP contribution >= 0.6 is 0 Å². The average Bonchev–Trinajstić information content (AvgIpc) is 2.55. The lowest BCUT2D eigenvalue weighted by atomic mass is 9.73. The first-order chi connectivity index (χ1) is 10.1. The maximum absolute atomic E-state index is 12.8. The highest BCUT2D eigenvalue weighted by Gasteiger charge is 2.36. The minimum atomic E-state index is 0.283. The number of hydrogen-bond donors (Lipinski definition) is 1. The molecule has 2 N–H and O–H groups in total. The predicted octanol–water partition coefficient (Wildman–Crippen LogP) is 3.57. The fourth-order valence-corrected chi connectivity index (χ4v) is 4.43. The number of piperidine rings is 1. The minimum absolute atomic E-state index is 0.283. The Kier molecular flexibility index (Phi) is 6.09. The molecule has 1 saturated heterocycles. The van der Waals surface area contributed by atoms with E-state index in [0.29, 0.717) is 17.2 Å². The van der Waals surface area contributed by atoms with Crippen molar-refractivity contribution in [1.82, 2.24) is 4.90 Å². The molecule has 122 valence electrons. The van der Waals surface area contributed by atoms with Crippen LogP contribution in [0.2, 0.25) is 0 Å². The molecule has 3 heteroatoms. The summed E-state index contributed by atoms with van der Waals surface area (Å²) in [5, 5.41) is 0. The lowest BCUT2D eigenvalue weighted by Gasteiger charge is -2.42. The Hall–Kier alpha value is -0.570. The summed E-state index contributed by atoms with van der Waals surface area (Å²) in [6.07, 6.45) is 10.7. The first-order valence-electron chi connectivity index (χ1n) is 9.13. The highest BCUT2D eigenvalue weighted by molar-refractivity contribution is 5.79. The average molecular weight is 294 g/mol. The van der Waals surface area contributed by atoms with Gasteiger partial charge in [0, 0.05) is 19.0 Å². The van der Waals surface area contributed by atoms with Gasteiger partial charge in [0.1, 0.15) is 0 Å². The van der Waals surface area contributed by atoms with E-state index in [2.05, 4.69) is 18.7 Å². The van der Waals surface area contributed by atoms with Crippen molar-refractivity contribution < 1.29 is 4.79 Å². The Morgan fingerprint density at radius 1 is 1.19 bits per heavy atom. The first kappa shape index (κ1) is 16.8. The van der Waals surface area contributed by atoms with E-state index in [-0.39, 0.29) is 5.92 Å². The van der Waals surface area contributed by atoms with E-state index in [1.807, 2.05) is 0 Å². The van der Waals surface area contributed by atoms with Gasteiger partial charge in [-0.1, -0.05) is 39.5 Å². The molecule has 1 amide bonds. The van der Waals surface area contributed by atoms with Gasteiger partial charge >= 0.3 is 0 Å². The maximum atomic E-state index is 12.8. The molecule has 1 aliphatic heterocycles. The molecule has 0 radical (unpaired) electrons. The van der Waals surface area contributed by atoms with Crippen LogP contribution in [0.5, 0.6) is 0 Å². The number of nitrogens with zero attached hydrogens (tertiary/aromatic N) is 1. The summed E-state index contributed by atoms with van der Waals surface area (Å²) >= 11 is 0. The second-order valence-corrected chi connectivity index (χ2v) is 7.34.